The Kier molecular flexibility index (Phi) is 6.90. The van der Waals surface area contributed by atoms with Crippen molar-refractivity contribution in [1.29, 1.82) is 0 Å². The maximum Gasteiger partial charge on any atom is 0.226 e. The number of rotatable bonds is 9. The molecule has 1 N–H and O–H groups in total. The second-order valence-electron chi connectivity index (χ2n) is 4.94. The molecule has 5 heteroatoms. The summed E-state index contributed by atoms with van der Waals surface area (Å²) in [5.41, 5.74) is 0. The molecule has 0 unspecified atom stereocenters. The van der Waals surface area contributed by atoms with E-state index in [0.29, 0.717) is 12.0 Å². The molecule has 18 heavy (non-hydrogen) atoms. The minimum absolute atomic E-state index is 0.328. The second kappa shape index (κ2) is 8.21. The van der Waals surface area contributed by atoms with E-state index in [2.05, 4.69) is 36.2 Å². The molecule has 0 aliphatic carbocycles. The third-order valence-electron chi connectivity index (χ3n) is 2.82. The van der Waals surface area contributed by atoms with E-state index in [-0.39, 0.29) is 0 Å². The van der Waals surface area contributed by atoms with Gasteiger partial charge in [0.25, 0.3) is 0 Å². The molecule has 1 rings (SSSR count). The van der Waals surface area contributed by atoms with Crippen LogP contribution in [0.25, 0.3) is 0 Å². The van der Waals surface area contributed by atoms with Crippen molar-refractivity contribution in [3.05, 3.63) is 11.7 Å². The monoisotopic (exact) mass is 255 g/mol. The van der Waals surface area contributed by atoms with E-state index in [4.69, 9.17) is 9.26 Å². The van der Waals surface area contributed by atoms with Crippen molar-refractivity contribution in [2.24, 2.45) is 0 Å². The van der Waals surface area contributed by atoms with Gasteiger partial charge in [-0.15, -0.1) is 0 Å². The van der Waals surface area contributed by atoms with E-state index in [1.807, 2.05) is 0 Å². The van der Waals surface area contributed by atoms with E-state index in [1.54, 1.807) is 7.11 Å². The summed E-state index contributed by atoms with van der Waals surface area (Å²) >= 11 is 0. The second-order valence-corrected chi connectivity index (χ2v) is 4.94. The molecule has 1 atom stereocenters. The van der Waals surface area contributed by atoms with Crippen LogP contribution in [0, 0.1) is 0 Å². The fraction of sp³-hybridized carbons (Fsp3) is 0.846. The summed E-state index contributed by atoms with van der Waals surface area (Å²) in [6.07, 6.45) is 2.88. The summed E-state index contributed by atoms with van der Waals surface area (Å²) in [6.45, 7) is 8.06. The van der Waals surface area contributed by atoms with Gasteiger partial charge in [-0.3, -0.25) is 0 Å². The lowest BCUT2D eigenvalue weighted by molar-refractivity contribution is 0.185. The Balaban J connectivity index is 2.13. The van der Waals surface area contributed by atoms with Crippen LogP contribution in [0.3, 0.4) is 0 Å². The van der Waals surface area contributed by atoms with E-state index in [9.17, 15) is 0 Å². The van der Waals surface area contributed by atoms with Crippen LogP contribution >= 0.6 is 0 Å². The molecule has 0 spiro atoms. The quantitative estimate of drug-likeness (QED) is 0.685. The predicted octanol–water partition coefficient (Wildman–Crippen LogP) is 2.14. The number of methoxy groups -OCH3 is 1. The van der Waals surface area contributed by atoms with Crippen LogP contribution in [0.1, 0.15) is 51.2 Å². The molecule has 0 amide bonds. The number of aromatic nitrogens is 2. The predicted molar refractivity (Wildman–Crippen MR) is 70.7 cm³/mol. The molecule has 0 aromatic carbocycles. The van der Waals surface area contributed by atoms with Crippen molar-refractivity contribution in [3.8, 4) is 0 Å². The van der Waals surface area contributed by atoms with Gasteiger partial charge in [-0.25, -0.2) is 0 Å². The van der Waals surface area contributed by atoms with Crippen molar-refractivity contribution >= 4 is 0 Å². The lowest BCUT2D eigenvalue weighted by atomic mass is 10.2. The molecule has 5 nitrogen and oxygen atoms in total. The van der Waals surface area contributed by atoms with Gasteiger partial charge in [-0.05, 0) is 26.3 Å². The fourth-order valence-corrected chi connectivity index (χ4v) is 1.59. The van der Waals surface area contributed by atoms with Gasteiger partial charge in [-0.1, -0.05) is 19.0 Å². The van der Waals surface area contributed by atoms with Crippen molar-refractivity contribution in [1.82, 2.24) is 15.5 Å². The van der Waals surface area contributed by atoms with Crippen LogP contribution in [-0.2, 0) is 11.2 Å². The number of hydrogen-bond acceptors (Lipinski definition) is 5. The zero-order valence-electron chi connectivity index (χ0n) is 11.9. The minimum atomic E-state index is 0.328. The summed E-state index contributed by atoms with van der Waals surface area (Å²) < 4.78 is 10.2. The van der Waals surface area contributed by atoms with Crippen molar-refractivity contribution < 1.29 is 9.26 Å². The number of nitrogens with one attached hydrogen (secondary N) is 1. The van der Waals surface area contributed by atoms with Crippen LogP contribution in [-0.4, -0.2) is 36.4 Å². The van der Waals surface area contributed by atoms with Crippen LogP contribution < -0.4 is 5.32 Å². The highest BCUT2D eigenvalue weighted by atomic mass is 16.5. The molecule has 1 aromatic heterocycles. The Bertz CT molecular complexity index is 326. The molecule has 0 radical (unpaired) electrons. The normalized spacial score (nSPS) is 13.2. The molecular formula is C13H25N3O2. The van der Waals surface area contributed by atoms with Gasteiger partial charge in [0.15, 0.2) is 5.82 Å². The Hall–Kier alpha value is -0.940. The van der Waals surface area contributed by atoms with Crippen LogP contribution in [0.2, 0.25) is 0 Å². The van der Waals surface area contributed by atoms with Gasteiger partial charge in [0.05, 0.1) is 0 Å². The molecule has 0 aliphatic rings. The molecule has 0 saturated heterocycles. The minimum Gasteiger partial charge on any atom is -0.385 e. The molecule has 0 fully saturated rings. The van der Waals surface area contributed by atoms with Crippen molar-refractivity contribution in [2.45, 2.75) is 52.0 Å². The number of ether oxygens (including phenoxy) is 1. The summed E-state index contributed by atoms with van der Waals surface area (Å²) in [4.78, 5) is 4.35. The lowest BCUT2D eigenvalue weighted by Gasteiger charge is -2.12. The Labute approximate surface area is 109 Å². The first-order valence-corrected chi connectivity index (χ1v) is 6.68. The van der Waals surface area contributed by atoms with Crippen molar-refractivity contribution in [2.75, 3.05) is 20.3 Å². The standard InChI is InChI=1S/C13H25N3O2/c1-10(2)13-15-12(18-16-13)6-5-8-14-11(3)7-9-17-4/h10-11,14H,5-9H2,1-4H3/t11-/m1/s1. The van der Waals surface area contributed by atoms with Crippen LogP contribution in [0.5, 0.6) is 0 Å². The maximum absolute atomic E-state index is 5.19. The smallest absolute Gasteiger partial charge is 0.226 e. The first-order valence-electron chi connectivity index (χ1n) is 6.68. The van der Waals surface area contributed by atoms with Gasteiger partial charge < -0.3 is 14.6 Å². The Morgan fingerprint density at radius 2 is 2.11 bits per heavy atom. The van der Waals surface area contributed by atoms with E-state index >= 15 is 0 Å². The van der Waals surface area contributed by atoms with Gasteiger partial charge in [0, 0.05) is 32.1 Å². The number of aryl methyl sites for hydroxylation is 1. The molecule has 0 saturated carbocycles. The molecule has 1 heterocycles. The summed E-state index contributed by atoms with van der Waals surface area (Å²) in [7, 11) is 1.73. The first kappa shape index (κ1) is 15.1. The highest BCUT2D eigenvalue weighted by molar-refractivity contribution is 4.91. The zero-order chi connectivity index (χ0) is 13.4. The van der Waals surface area contributed by atoms with E-state index in [1.165, 1.54) is 0 Å². The Morgan fingerprint density at radius 1 is 1.33 bits per heavy atom. The first-order chi connectivity index (χ1) is 8.63. The summed E-state index contributed by atoms with van der Waals surface area (Å²) in [5.74, 6) is 1.87. The molecule has 0 aliphatic heterocycles. The largest absolute Gasteiger partial charge is 0.385 e. The van der Waals surface area contributed by atoms with Gasteiger partial charge in [0.1, 0.15) is 0 Å². The average molecular weight is 255 g/mol. The molecular weight excluding hydrogens is 230 g/mol. The average Bonchev–Trinajstić information content (AvgIpc) is 2.81. The van der Waals surface area contributed by atoms with Gasteiger partial charge in [-0.2, -0.15) is 4.98 Å². The molecule has 104 valence electrons. The van der Waals surface area contributed by atoms with E-state index < -0.39 is 0 Å². The highest BCUT2D eigenvalue weighted by Crippen LogP contribution is 2.10. The lowest BCUT2D eigenvalue weighted by Crippen LogP contribution is -2.28. The maximum atomic E-state index is 5.19. The van der Waals surface area contributed by atoms with Gasteiger partial charge in [0.2, 0.25) is 5.89 Å². The van der Waals surface area contributed by atoms with Crippen molar-refractivity contribution in [3.63, 3.8) is 0 Å². The third-order valence-corrected chi connectivity index (χ3v) is 2.82. The van der Waals surface area contributed by atoms with E-state index in [0.717, 1.165) is 44.1 Å². The molecule has 0 bridgehead atoms. The summed E-state index contributed by atoms with van der Waals surface area (Å²) in [5, 5.41) is 7.39. The zero-order valence-corrected chi connectivity index (χ0v) is 11.9. The third kappa shape index (κ3) is 5.60. The highest BCUT2D eigenvalue weighted by Gasteiger charge is 2.09. The fourth-order valence-electron chi connectivity index (χ4n) is 1.59. The molecule has 1 aromatic rings. The summed E-state index contributed by atoms with van der Waals surface area (Å²) in [6, 6.07) is 0.485. The van der Waals surface area contributed by atoms with Gasteiger partial charge >= 0.3 is 0 Å². The topological polar surface area (TPSA) is 60.2 Å². The number of nitrogens with zero attached hydrogens (tertiary/aromatic N) is 2. The Morgan fingerprint density at radius 3 is 2.72 bits per heavy atom. The SMILES string of the molecule is COCC[C@@H](C)NCCCc1nc(C(C)C)no1. The van der Waals surface area contributed by atoms with Crippen LogP contribution in [0.4, 0.5) is 0 Å². The van der Waals surface area contributed by atoms with Crippen LogP contribution in [0.15, 0.2) is 4.52 Å². The number of hydrogen-bond donors (Lipinski definition) is 1.